The Morgan fingerprint density at radius 2 is 2.15 bits per heavy atom. The molecule has 20 heavy (non-hydrogen) atoms. The van der Waals surface area contributed by atoms with Gasteiger partial charge in [0.25, 0.3) is 0 Å². The van der Waals surface area contributed by atoms with E-state index in [-0.39, 0.29) is 11.0 Å². The molecule has 0 fully saturated rings. The van der Waals surface area contributed by atoms with Crippen molar-refractivity contribution < 1.29 is 14.3 Å². The lowest BCUT2D eigenvalue weighted by atomic mass is 9.74. The van der Waals surface area contributed by atoms with Crippen molar-refractivity contribution in [2.45, 2.75) is 33.1 Å². The van der Waals surface area contributed by atoms with E-state index in [0.717, 1.165) is 24.1 Å². The first kappa shape index (κ1) is 13.0. The van der Waals surface area contributed by atoms with Crippen molar-refractivity contribution in [1.29, 1.82) is 0 Å². The minimum Gasteiger partial charge on any atom is -0.478 e. The molecule has 0 bridgehead atoms. The summed E-state index contributed by atoms with van der Waals surface area (Å²) in [6, 6.07) is 4.11. The first-order valence-corrected chi connectivity index (χ1v) is 6.72. The van der Waals surface area contributed by atoms with Crippen LogP contribution in [0.1, 0.15) is 41.9 Å². The van der Waals surface area contributed by atoms with E-state index in [1.54, 1.807) is 0 Å². The number of hydrogen-bond acceptors (Lipinski definition) is 2. The number of carboxylic acid groups (broad SMARTS) is 1. The minimum absolute atomic E-state index is 0.0760. The number of aromatic nitrogens is 1. The van der Waals surface area contributed by atoms with E-state index >= 15 is 0 Å². The second kappa shape index (κ2) is 4.27. The molecule has 1 aromatic heterocycles. The zero-order valence-electron chi connectivity index (χ0n) is 11.5. The maximum absolute atomic E-state index is 13.3. The van der Waals surface area contributed by atoms with Crippen molar-refractivity contribution >= 4 is 16.9 Å². The van der Waals surface area contributed by atoms with Crippen LogP contribution in [0.15, 0.2) is 18.2 Å². The fourth-order valence-electron chi connectivity index (χ4n) is 2.99. The van der Waals surface area contributed by atoms with Crippen LogP contribution in [0.5, 0.6) is 0 Å². The number of nitrogens with zero attached hydrogens (tertiary/aromatic N) is 1. The van der Waals surface area contributed by atoms with Crippen LogP contribution < -0.4 is 0 Å². The fourth-order valence-corrected chi connectivity index (χ4v) is 2.99. The number of pyridine rings is 1. The maximum atomic E-state index is 13.3. The van der Waals surface area contributed by atoms with Crippen molar-refractivity contribution in [3.63, 3.8) is 0 Å². The largest absolute Gasteiger partial charge is 0.478 e. The molecule has 3 nitrogen and oxygen atoms in total. The molecule has 1 heterocycles. The molecule has 1 aromatic carbocycles. The van der Waals surface area contributed by atoms with Crippen molar-refractivity contribution in [1.82, 2.24) is 4.98 Å². The van der Waals surface area contributed by atoms with Gasteiger partial charge in [-0.05, 0) is 42.4 Å². The number of carboxylic acids is 1. The van der Waals surface area contributed by atoms with E-state index in [4.69, 9.17) is 0 Å². The lowest BCUT2D eigenvalue weighted by molar-refractivity contribution is 0.0696. The van der Waals surface area contributed by atoms with Gasteiger partial charge in [0.1, 0.15) is 5.82 Å². The van der Waals surface area contributed by atoms with Crippen LogP contribution in [0, 0.1) is 11.2 Å². The Morgan fingerprint density at radius 3 is 2.85 bits per heavy atom. The first-order valence-electron chi connectivity index (χ1n) is 6.72. The Bertz CT molecular complexity index is 722. The summed E-state index contributed by atoms with van der Waals surface area (Å²) in [7, 11) is 0. The van der Waals surface area contributed by atoms with Crippen molar-refractivity contribution in [3.05, 3.63) is 40.8 Å². The molecule has 104 valence electrons. The number of hydrogen-bond donors (Lipinski definition) is 1. The van der Waals surface area contributed by atoms with Crippen LogP contribution in [-0.4, -0.2) is 16.1 Å². The highest BCUT2D eigenvalue weighted by Crippen LogP contribution is 2.37. The zero-order valence-corrected chi connectivity index (χ0v) is 11.5. The third-order valence-corrected chi connectivity index (χ3v) is 4.04. The van der Waals surface area contributed by atoms with Gasteiger partial charge >= 0.3 is 5.97 Å². The average Bonchev–Trinajstić information content (AvgIpc) is 2.35. The number of aromatic carboxylic acids is 1. The lowest BCUT2D eigenvalue weighted by Crippen LogP contribution is -2.25. The summed E-state index contributed by atoms with van der Waals surface area (Å²) < 4.78 is 13.3. The second-order valence-electron chi connectivity index (χ2n) is 6.22. The van der Waals surface area contributed by atoms with E-state index in [2.05, 4.69) is 18.8 Å². The molecule has 4 heteroatoms. The van der Waals surface area contributed by atoms with Gasteiger partial charge in [0.15, 0.2) is 0 Å². The Balaban J connectivity index is 2.35. The number of carbonyl (C=O) groups is 1. The van der Waals surface area contributed by atoms with Crippen LogP contribution in [0.2, 0.25) is 0 Å². The predicted octanol–water partition coefficient (Wildman–Crippen LogP) is 3.59. The van der Waals surface area contributed by atoms with Gasteiger partial charge in [-0.2, -0.15) is 0 Å². The maximum Gasteiger partial charge on any atom is 0.336 e. The van der Waals surface area contributed by atoms with E-state index < -0.39 is 11.8 Å². The molecule has 0 saturated heterocycles. The molecule has 0 unspecified atom stereocenters. The molecular weight excluding hydrogens is 257 g/mol. The summed E-state index contributed by atoms with van der Waals surface area (Å²) in [6.45, 7) is 4.27. The molecule has 0 amide bonds. The van der Waals surface area contributed by atoms with Crippen LogP contribution >= 0.6 is 0 Å². The minimum atomic E-state index is -0.960. The van der Waals surface area contributed by atoms with Gasteiger partial charge < -0.3 is 5.11 Å². The van der Waals surface area contributed by atoms with Gasteiger partial charge in [-0.25, -0.2) is 9.18 Å². The molecular formula is C16H16FNO2. The number of aryl methyl sites for hydroxylation is 1. The topological polar surface area (TPSA) is 50.2 Å². The lowest BCUT2D eigenvalue weighted by Gasteiger charge is -2.31. The van der Waals surface area contributed by atoms with Crippen LogP contribution in [0.4, 0.5) is 4.39 Å². The monoisotopic (exact) mass is 273 g/mol. The fraction of sp³-hybridized carbons (Fsp3) is 0.375. The number of benzene rings is 1. The molecule has 0 saturated carbocycles. The van der Waals surface area contributed by atoms with Crippen molar-refractivity contribution in [3.8, 4) is 0 Å². The van der Waals surface area contributed by atoms with Gasteiger partial charge in [0, 0.05) is 17.1 Å². The first-order chi connectivity index (χ1) is 9.37. The average molecular weight is 273 g/mol. The molecule has 1 aliphatic rings. The summed E-state index contributed by atoms with van der Waals surface area (Å²) in [5.74, 6) is -1.35. The van der Waals surface area contributed by atoms with Crippen LogP contribution in [0.3, 0.4) is 0 Å². The Kier molecular flexibility index (Phi) is 2.78. The van der Waals surface area contributed by atoms with Gasteiger partial charge in [-0.3, -0.25) is 4.98 Å². The van der Waals surface area contributed by atoms with E-state index in [0.29, 0.717) is 17.3 Å². The summed E-state index contributed by atoms with van der Waals surface area (Å²) in [5.41, 5.74) is 2.42. The number of rotatable bonds is 1. The van der Waals surface area contributed by atoms with Gasteiger partial charge in [-0.1, -0.05) is 13.8 Å². The van der Waals surface area contributed by atoms with E-state index in [1.807, 2.05) is 0 Å². The molecule has 0 radical (unpaired) electrons. The van der Waals surface area contributed by atoms with Gasteiger partial charge in [0.05, 0.1) is 11.1 Å². The highest BCUT2D eigenvalue weighted by molar-refractivity contribution is 6.04. The molecule has 1 aliphatic carbocycles. The molecule has 2 aromatic rings. The smallest absolute Gasteiger partial charge is 0.336 e. The summed E-state index contributed by atoms with van der Waals surface area (Å²) in [5, 5.41) is 10.1. The second-order valence-corrected chi connectivity index (χ2v) is 6.22. The highest BCUT2D eigenvalue weighted by Gasteiger charge is 2.30. The molecule has 0 aliphatic heterocycles. The summed E-state index contributed by atoms with van der Waals surface area (Å²) in [4.78, 5) is 16.1. The van der Waals surface area contributed by atoms with Crippen molar-refractivity contribution in [2.24, 2.45) is 5.41 Å². The Hall–Kier alpha value is -1.97. The van der Waals surface area contributed by atoms with Gasteiger partial charge in [0.2, 0.25) is 0 Å². The molecule has 1 N–H and O–H groups in total. The van der Waals surface area contributed by atoms with E-state index in [1.165, 1.54) is 18.2 Å². The van der Waals surface area contributed by atoms with E-state index in [9.17, 15) is 14.3 Å². The van der Waals surface area contributed by atoms with Crippen LogP contribution in [-0.2, 0) is 12.8 Å². The standard InChI is InChI=1S/C16H16FNO2/c1-16(2)6-5-12-11(8-16)14(15(19)20)10-4-3-9(17)7-13(10)18-12/h3-4,7H,5-6,8H2,1-2H3,(H,19,20). The SMILES string of the molecule is CC1(C)CCc2nc3cc(F)ccc3c(C(=O)O)c2C1. The molecule has 0 spiro atoms. The summed E-state index contributed by atoms with van der Waals surface area (Å²) >= 11 is 0. The third-order valence-electron chi connectivity index (χ3n) is 4.04. The number of fused-ring (bicyclic) bond motifs is 2. The Labute approximate surface area is 116 Å². The quantitative estimate of drug-likeness (QED) is 0.863. The van der Waals surface area contributed by atoms with Crippen molar-refractivity contribution in [2.75, 3.05) is 0 Å². The molecule has 0 atom stereocenters. The van der Waals surface area contributed by atoms with Crippen LogP contribution in [0.25, 0.3) is 10.9 Å². The number of halogens is 1. The summed E-state index contributed by atoms with van der Waals surface area (Å²) in [6.07, 6.45) is 2.41. The molecule has 3 rings (SSSR count). The van der Waals surface area contributed by atoms with Gasteiger partial charge in [-0.15, -0.1) is 0 Å². The third kappa shape index (κ3) is 2.05. The highest BCUT2D eigenvalue weighted by atomic mass is 19.1. The normalized spacial score (nSPS) is 16.9. The predicted molar refractivity (Wildman–Crippen MR) is 74.5 cm³/mol. The Morgan fingerprint density at radius 1 is 1.40 bits per heavy atom. The zero-order chi connectivity index (χ0) is 14.5.